The van der Waals surface area contributed by atoms with E-state index in [1.54, 1.807) is 6.92 Å². The minimum atomic E-state index is 0.183. The molecule has 1 rings (SSSR count). The highest BCUT2D eigenvalue weighted by Gasteiger charge is 2.02. The van der Waals surface area contributed by atoms with E-state index in [1.165, 1.54) is 0 Å². The molecular weight excluding hydrogens is 212 g/mol. The Balaban J connectivity index is 2.51. The van der Waals surface area contributed by atoms with Crippen LogP contribution in [0.25, 0.3) is 0 Å². The van der Waals surface area contributed by atoms with Crippen molar-refractivity contribution < 1.29 is 9.53 Å². The number of carbonyl (C=O) groups excluding carboxylic acids is 1. The van der Waals surface area contributed by atoms with Gasteiger partial charge in [0.15, 0.2) is 0 Å². The van der Waals surface area contributed by atoms with Crippen molar-refractivity contribution in [1.82, 2.24) is 0 Å². The first-order valence-electron chi connectivity index (χ1n) is 5.88. The minimum absolute atomic E-state index is 0.183. The first kappa shape index (κ1) is 13.5. The standard InChI is InChI=1S/C15H20O2/c1-11(2)13(4)17-10-15-7-5-14(6-8-15)9-12(3)16/h5-8,11H,4,9-10H2,1-3H3. The third-order valence-corrected chi connectivity index (χ3v) is 2.54. The zero-order valence-electron chi connectivity index (χ0n) is 10.8. The molecule has 0 aliphatic heterocycles. The Hall–Kier alpha value is -1.57. The number of ketones is 1. The van der Waals surface area contributed by atoms with Gasteiger partial charge in [-0.1, -0.05) is 44.7 Å². The van der Waals surface area contributed by atoms with Gasteiger partial charge in [0.1, 0.15) is 12.4 Å². The lowest BCUT2D eigenvalue weighted by Crippen LogP contribution is -2.00. The molecule has 0 unspecified atom stereocenters. The topological polar surface area (TPSA) is 26.3 Å². The third-order valence-electron chi connectivity index (χ3n) is 2.54. The summed E-state index contributed by atoms with van der Waals surface area (Å²) < 4.78 is 5.55. The van der Waals surface area contributed by atoms with Crippen molar-refractivity contribution in [2.75, 3.05) is 0 Å². The van der Waals surface area contributed by atoms with Crippen molar-refractivity contribution in [3.8, 4) is 0 Å². The fourth-order valence-electron chi connectivity index (χ4n) is 1.38. The Morgan fingerprint density at radius 3 is 2.24 bits per heavy atom. The van der Waals surface area contributed by atoms with E-state index < -0.39 is 0 Å². The quantitative estimate of drug-likeness (QED) is 0.702. The zero-order chi connectivity index (χ0) is 12.8. The second-order valence-electron chi connectivity index (χ2n) is 4.60. The van der Waals surface area contributed by atoms with Crippen LogP contribution in [0.4, 0.5) is 0 Å². The van der Waals surface area contributed by atoms with Gasteiger partial charge in [-0.3, -0.25) is 4.79 Å². The molecule has 0 amide bonds. The fourth-order valence-corrected chi connectivity index (χ4v) is 1.38. The van der Waals surface area contributed by atoms with Gasteiger partial charge in [-0.2, -0.15) is 0 Å². The molecule has 17 heavy (non-hydrogen) atoms. The van der Waals surface area contributed by atoms with Gasteiger partial charge < -0.3 is 4.74 Å². The average Bonchev–Trinajstić information content (AvgIpc) is 2.26. The Labute approximate surface area is 103 Å². The van der Waals surface area contributed by atoms with Crippen molar-refractivity contribution in [1.29, 1.82) is 0 Å². The van der Waals surface area contributed by atoms with Gasteiger partial charge in [0, 0.05) is 12.3 Å². The summed E-state index contributed by atoms with van der Waals surface area (Å²) in [5, 5.41) is 0. The summed E-state index contributed by atoms with van der Waals surface area (Å²) in [4.78, 5) is 11.0. The Bertz CT molecular complexity index is 388. The molecule has 0 heterocycles. The normalized spacial score (nSPS) is 10.4. The summed E-state index contributed by atoms with van der Waals surface area (Å²) in [5.41, 5.74) is 2.14. The number of rotatable bonds is 6. The van der Waals surface area contributed by atoms with Gasteiger partial charge >= 0.3 is 0 Å². The molecule has 0 aromatic heterocycles. The van der Waals surface area contributed by atoms with E-state index in [4.69, 9.17) is 4.74 Å². The van der Waals surface area contributed by atoms with E-state index in [2.05, 4.69) is 20.4 Å². The summed E-state index contributed by atoms with van der Waals surface area (Å²) >= 11 is 0. The number of ether oxygens (including phenoxy) is 1. The highest BCUT2D eigenvalue weighted by atomic mass is 16.5. The predicted octanol–water partition coefficient (Wildman–Crippen LogP) is 3.50. The first-order valence-corrected chi connectivity index (χ1v) is 5.88. The van der Waals surface area contributed by atoms with Crippen molar-refractivity contribution >= 4 is 5.78 Å². The molecule has 0 bridgehead atoms. The van der Waals surface area contributed by atoms with Crippen LogP contribution in [0.5, 0.6) is 0 Å². The molecule has 1 aromatic carbocycles. The molecule has 0 fully saturated rings. The molecule has 0 N–H and O–H groups in total. The van der Waals surface area contributed by atoms with Gasteiger partial charge in [-0.05, 0) is 18.1 Å². The number of carbonyl (C=O) groups is 1. The number of hydrogen-bond acceptors (Lipinski definition) is 2. The van der Waals surface area contributed by atoms with Crippen LogP contribution < -0.4 is 0 Å². The molecule has 1 aromatic rings. The molecule has 0 aliphatic rings. The second kappa shape index (κ2) is 6.24. The summed E-state index contributed by atoms with van der Waals surface area (Å²) in [6, 6.07) is 7.92. The molecule has 0 atom stereocenters. The van der Waals surface area contributed by atoms with Crippen LogP contribution in [0.3, 0.4) is 0 Å². The first-order chi connectivity index (χ1) is 7.99. The predicted molar refractivity (Wildman–Crippen MR) is 69.6 cm³/mol. The fraction of sp³-hybridized carbons (Fsp3) is 0.400. The van der Waals surface area contributed by atoms with Crippen LogP contribution in [0.1, 0.15) is 31.9 Å². The van der Waals surface area contributed by atoms with Crippen molar-refractivity contribution in [3.05, 3.63) is 47.7 Å². The van der Waals surface area contributed by atoms with E-state index in [1.807, 2.05) is 24.3 Å². The summed E-state index contributed by atoms with van der Waals surface area (Å²) in [7, 11) is 0. The maximum atomic E-state index is 11.0. The highest BCUT2D eigenvalue weighted by molar-refractivity contribution is 5.78. The number of benzene rings is 1. The molecule has 2 nitrogen and oxygen atoms in total. The van der Waals surface area contributed by atoms with E-state index >= 15 is 0 Å². The lowest BCUT2D eigenvalue weighted by Gasteiger charge is -2.12. The lowest BCUT2D eigenvalue weighted by atomic mass is 10.1. The molecule has 0 saturated heterocycles. The SMILES string of the molecule is C=C(OCc1ccc(CC(C)=O)cc1)C(C)C. The molecule has 2 heteroatoms. The molecule has 0 saturated carbocycles. The van der Waals surface area contributed by atoms with Crippen molar-refractivity contribution in [3.63, 3.8) is 0 Å². The van der Waals surface area contributed by atoms with E-state index in [-0.39, 0.29) is 5.78 Å². The van der Waals surface area contributed by atoms with E-state index in [0.717, 1.165) is 16.9 Å². The number of hydrogen-bond donors (Lipinski definition) is 0. The monoisotopic (exact) mass is 232 g/mol. The molecule has 0 spiro atoms. The van der Waals surface area contributed by atoms with Crippen LogP contribution in [0.2, 0.25) is 0 Å². The second-order valence-corrected chi connectivity index (χ2v) is 4.60. The van der Waals surface area contributed by atoms with Crippen LogP contribution >= 0.6 is 0 Å². The zero-order valence-corrected chi connectivity index (χ0v) is 10.8. The Morgan fingerprint density at radius 1 is 1.24 bits per heavy atom. The van der Waals surface area contributed by atoms with Gasteiger partial charge in [-0.15, -0.1) is 0 Å². The van der Waals surface area contributed by atoms with Crippen LogP contribution in [-0.4, -0.2) is 5.78 Å². The summed E-state index contributed by atoms with van der Waals surface area (Å²) in [6.07, 6.45) is 0.500. The third kappa shape index (κ3) is 4.85. The van der Waals surface area contributed by atoms with Gasteiger partial charge in [0.2, 0.25) is 0 Å². The van der Waals surface area contributed by atoms with Crippen LogP contribution in [0, 0.1) is 5.92 Å². The van der Waals surface area contributed by atoms with Crippen molar-refractivity contribution in [2.45, 2.75) is 33.8 Å². The largest absolute Gasteiger partial charge is 0.494 e. The molecular formula is C15H20O2. The Morgan fingerprint density at radius 2 is 1.76 bits per heavy atom. The van der Waals surface area contributed by atoms with Gasteiger partial charge in [0.05, 0.1) is 5.76 Å². The molecule has 0 aliphatic carbocycles. The van der Waals surface area contributed by atoms with Gasteiger partial charge in [0.25, 0.3) is 0 Å². The maximum absolute atomic E-state index is 11.0. The van der Waals surface area contributed by atoms with Gasteiger partial charge in [-0.25, -0.2) is 0 Å². The molecule has 0 radical (unpaired) electrons. The van der Waals surface area contributed by atoms with Crippen LogP contribution in [0.15, 0.2) is 36.6 Å². The minimum Gasteiger partial charge on any atom is -0.494 e. The molecule has 92 valence electrons. The van der Waals surface area contributed by atoms with Crippen LogP contribution in [-0.2, 0) is 22.6 Å². The lowest BCUT2D eigenvalue weighted by molar-refractivity contribution is -0.116. The maximum Gasteiger partial charge on any atom is 0.134 e. The summed E-state index contributed by atoms with van der Waals surface area (Å²) in [5.74, 6) is 1.33. The number of allylic oxidation sites excluding steroid dienone is 1. The Kier molecular flexibility index (Phi) is 4.95. The summed E-state index contributed by atoms with van der Waals surface area (Å²) in [6.45, 7) is 10.1. The highest BCUT2D eigenvalue weighted by Crippen LogP contribution is 2.12. The smallest absolute Gasteiger partial charge is 0.134 e. The van der Waals surface area contributed by atoms with E-state index in [0.29, 0.717) is 18.9 Å². The van der Waals surface area contributed by atoms with Crippen molar-refractivity contribution in [2.24, 2.45) is 5.92 Å². The van der Waals surface area contributed by atoms with E-state index in [9.17, 15) is 4.79 Å². The number of Topliss-reactive ketones (excluding diaryl/α,β-unsaturated/α-hetero) is 1. The average molecular weight is 232 g/mol.